The summed E-state index contributed by atoms with van der Waals surface area (Å²) in [5, 5.41) is 6.02. The summed E-state index contributed by atoms with van der Waals surface area (Å²) in [4.78, 5) is 11.6. The highest BCUT2D eigenvalue weighted by Crippen LogP contribution is 2.35. The average Bonchev–Trinajstić information content (AvgIpc) is 3.22. The first-order chi connectivity index (χ1) is 16.5. The van der Waals surface area contributed by atoms with E-state index < -0.39 is 35.7 Å². The number of carbonyl (C=O) groups is 1. The van der Waals surface area contributed by atoms with E-state index in [1.807, 2.05) is 48.9 Å². The van der Waals surface area contributed by atoms with Crippen molar-refractivity contribution in [3.8, 4) is 17.1 Å². The van der Waals surface area contributed by atoms with Crippen LogP contribution in [0.15, 0.2) is 87.0 Å². The minimum Gasteiger partial charge on any atom is -0.490 e. The van der Waals surface area contributed by atoms with E-state index in [0.717, 1.165) is 17.5 Å². The normalized spacial score (nSPS) is 12.1. The first-order valence-corrected chi connectivity index (χ1v) is 13.5. The van der Waals surface area contributed by atoms with Crippen molar-refractivity contribution in [1.82, 2.24) is 4.72 Å². The molecule has 3 N–H and O–H groups in total. The molecule has 0 atom stereocenters. The molecule has 1 heterocycles. The average molecular weight is 515 g/mol. The molecule has 4 aromatic rings. The summed E-state index contributed by atoms with van der Waals surface area (Å²) in [7, 11) is -8.90. The molecule has 0 unspecified atom stereocenters. The van der Waals surface area contributed by atoms with Crippen molar-refractivity contribution in [3.05, 3.63) is 78.4 Å². The van der Waals surface area contributed by atoms with E-state index in [1.165, 1.54) is 24.3 Å². The van der Waals surface area contributed by atoms with Gasteiger partial charge in [0.15, 0.2) is 0 Å². The van der Waals surface area contributed by atoms with E-state index in [9.17, 15) is 21.6 Å². The first kappa shape index (κ1) is 24.5. The zero-order chi connectivity index (χ0) is 25.4. The Morgan fingerprint density at radius 1 is 0.914 bits per heavy atom. The van der Waals surface area contributed by atoms with Crippen molar-refractivity contribution in [3.63, 3.8) is 0 Å². The Hall–Kier alpha value is -3.67. The number of sulfonamides is 2. The number of nitrogens with two attached hydrogens (primary N) is 1. The molecule has 0 saturated carbocycles. The summed E-state index contributed by atoms with van der Waals surface area (Å²) in [6.45, 7) is 3.62. The minimum atomic E-state index is -4.56. The summed E-state index contributed by atoms with van der Waals surface area (Å²) in [5.74, 6) is -0.142. The van der Waals surface area contributed by atoms with Gasteiger partial charge in [-0.1, -0.05) is 30.3 Å². The Kier molecular flexibility index (Phi) is 6.41. The first-order valence-electron chi connectivity index (χ1n) is 10.4. The number of fused-ring (bicyclic) bond motifs is 1. The zero-order valence-electron chi connectivity index (χ0n) is 18.8. The lowest BCUT2D eigenvalue weighted by molar-refractivity contribution is 0.0980. The van der Waals surface area contributed by atoms with Crippen molar-refractivity contribution in [1.29, 1.82) is 0 Å². The smallest absolute Gasteiger partial charge is 0.265 e. The molecule has 11 heteroatoms. The monoisotopic (exact) mass is 514 g/mol. The summed E-state index contributed by atoms with van der Waals surface area (Å²) in [6, 6.07) is 18.5. The van der Waals surface area contributed by atoms with E-state index in [0.29, 0.717) is 22.7 Å². The topological polar surface area (TPSA) is 146 Å². The number of primary sulfonamides is 1. The van der Waals surface area contributed by atoms with Gasteiger partial charge in [-0.25, -0.2) is 26.7 Å². The predicted octanol–water partition coefficient (Wildman–Crippen LogP) is 3.65. The van der Waals surface area contributed by atoms with Gasteiger partial charge in [-0.05, 0) is 56.3 Å². The van der Waals surface area contributed by atoms with Crippen LogP contribution in [-0.2, 0) is 20.0 Å². The zero-order valence-corrected chi connectivity index (χ0v) is 20.4. The van der Waals surface area contributed by atoms with Gasteiger partial charge in [-0.15, -0.1) is 0 Å². The van der Waals surface area contributed by atoms with E-state index in [-0.39, 0.29) is 11.7 Å². The van der Waals surface area contributed by atoms with Crippen LogP contribution in [0.3, 0.4) is 0 Å². The second-order valence-corrected chi connectivity index (χ2v) is 11.1. The molecular formula is C24H22N2O7S2. The highest BCUT2D eigenvalue weighted by molar-refractivity contribution is 7.92. The molecule has 0 spiro atoms. The van der Waals surface area contributed by atoms with Crippen molar-refractivity contribution in [2.75, 3.05) is 0 Å². The van der Waals surface area contributed by atoms with Crippen LogP contribution in [0, 0.1) is 0 Å². The lowest BCUT2D eigenvalue weighted by atomic mass is 10.1. The maximum Gasteiger partial charge on any atom is 0.265 e. The van der Waals surface area contributed by atoms with Crippen LogP contribution in [0.25, 0.3) is 22.3 Å². The van der Waals surface area contributed by atoms with Crippen LogP contribution >= 0.6 is 0 Å². The Morgan fingerprint density at radius 2 is 1.57 bits per heavy atom. The number of hydrogen-bond donors (Lipinski definition) is 2. The molecule has 9 nitrogen and oxygen atoms in total. The molecule has 0 bridgehead atoms. The quantitative estimate of drug-likeness (QED) is 0.383. The molecule has 3 aromatic carbocycles. The Morgan fingerprint density at radius 3 is 2.23 bits per heavy atom. The van der Waals surface area contributed by atoms with E-state index in [2.05, 4.69) is 0 Å². The van der Waals surface area contributed by atoms with Gasteiger partial charge in [0.25, 0.3) is 15.9 Å². The predicted molar refractivity (Wildman–Crippen MR) is 130 cm³/mol. The Balaban J connectivity index is 1.71. The molecule has 0 aliphatic rings. The molecule has 1 aromatic heterocycles. The summed E-state index contributed by atoms with van der Waals surface area (Å²) >= 11 is 0. The largest absolute Gasteiger partial charge is 0.490 e. The number of para-hydroxylation sites is 1. The fourth-order valence-corrected chi connectivity index (χ4v) is 5.83. The van der Waals surface area contributed by atoms with Gasteiger partial charge in [0, 0.05) is 10.9 Å². The van der Waals surface area contributed by atoms with E-state index in [4.69, 9.17) is 14.3 Å². The second kappa shape index (κ2) is 9.17. The Bertz CT molecular complexity index is 1610. The Labute approximate surface area is 202 Å². The van der Waals surface area contributed by atoms with Crippen LogP contribution < -0.4 is 14.6 Å². The van der Waals surface area contributed by atoms with Gasteiger partial charge >= 0.3 is 0 Å². The lowest BCUT2D eigenvalue weighted by Crippen LogP contribution is -2.32. The van der Waals surface area contributed by atoms with Gasteiger partial charge in [-0.2, -0.15) is 0 Å². The third kappa shape index (κ3) is 5.21. The van der Waals surface area contributed by atoms with Crippen LogP contribution in [-0.4, -0.2) is 28.8 Å². The fourth-order valence-electron chi connectivity index (χ4n) is 3.48. The number of rotatable bonds is 7. The van der Waals surface area contributed by atoms with E-state index >= 15 is 0 Å². The summed E-state index contributed by atoms with van der Waals surface area (Å²) in [5.41, 5.74) is 1.24. The third-order valence-electron chi connectivity index (χ3n) is 4.97. The van der Waals surface area contributed by atoms with Crippen molar-refractivity contribution < 1.29 is 30.8 Å². The lowest BCUT2D eigenvalue weighted by Gasteiger charge is -2.15. The van der Waals surface area contributed by atoms with Crippen molar-refractivity contribution in [2.45, 2.75) is 29.7 Å². The molecule has 0 radical (unpaired) electrons. The van der Waals surface area contributed by atoms with Gasteiger partial charge in [-0.3, -0.25) is 4.79 Å². The molecule has 0 aliphatic carbocycles. The summed E-state index contributed by atoms with van der Waals surface area (Å²) in [6.07, 6.45) is -0.248. The van der Waals surface area contributed by atoms with Crippen molar-refractivity contribution >= 4 is 36.9 Å². The number of hydrogen-bond acceptors (Lipinski definition) is 7. The third-order valence-corrected chi connectivity index (χ3v) is 7.46. The molecular weight excluding hydrogens is 492 g/mol. The molecule has 4 rings (SSSR count). The number of nitrogens with one attached hydrogen (secondary N) is 1. The molecule has 0 fully saturated rings. The number of benzene rings is 3. The fraction of sp³-hybridized carbons (Fsp3) is 0.125. The standard InChI is InChI=1S/C24H22N2O7S2/c1-15(2)32-20-14-17(11-12-18(20)21-13-16-7-3-4-8-19(16)33-21)24(27)26-35(30,31)23-10-6-5-9-22(23)34(25,28)29/h3-15H,1-2H3,(H,26,27)(H2,25,28,29). The number of amides is 1. The van der Waals surface area contributed by atoms with Gasteiger partial charge in [0.2, 0.25) is 10.0 Å². The van der Waals surface area contributed by atoms with Gasteiger partial charge in [0.1, 0.15) is 26.9 Å². The van der Waals surface area contributed by atoms with Gasteiger partial charge < -0.3 is 9.15 Å². The maximum atomic E-state index is 12.9. The molecule has 182 valence electrons. The maximum absolute atomic E-state index is 12.9. The highest BCUT2D eigenvalue weighted by Gasteiger charge is 2.27. The van der Waals surface area contributed by atoms with Crippen LogP contribution in [0.2, 0.25) is 0 Å². The molecule has 1 amide bonds. The SMILES string of the molecule is CC(C)Oc1cc(C(=O)NS(=O)(=O)c2ccccc2S(N)(=O)=O)ccc1-c1cc2ccccc2o1. The van der Waals surface area contributed by atoms with Crippen LogP contribution in [0.1, 0.15) is 24.2 Å². The number of ether oxygens (including phenoxy) is 1. The van der Waals surface area contributed by atoms with Crippen LogP contribution in [0.4, 0.5) is 0 Å². The minimum absolute atomic E-state index is 0.0165. The van der Waals surface area contributed by atoms with Crippen LogP contribution in [0.5, 0.6) is 5.75 Å². The van der Waals surface area contributed by atoms with E-state index in [1.54, 1.807) is 6.07 Å². The van der Waals surface area contributed by atoms with Crippen molar-refractivity contribution in [2.24, 2.45) is 5.14 Å². The number of furan rings is 1. The molecule has 35 heavy (non-hydrogen) atoms. The highest BCUT2D eigenvalue weighted by atomic mass is 32.2. The molecule has 0 saturated heterocycles. The number of carbonyl (C=O) groups excluding carboxylic acids is 1. The second-order valence-electron chi connectivity index (χ2n) is 7.95. The molecule has 0 aliphatic heterocycles. The summed E-state index contributed by atoms with van der Waals surface area (Å²) < 4.78 is 63.0. The van der Waals surface area contributed by atoms with Gasteiger partial charge in [0.05, 0.1) is 11.7 Å².